The molecular formula is C16H14N4OS2. The minimum absolute atomic E-state index is 0.498. The highest BCUT2D eigenvalue weighted by atomic mass is 32.1. The first-order valence-corrected chi connectivity index (χ1v) is 8.72. The van der Waals surface area contributed by atoms with Crippen LogP contribution in [0, 0.1) is 18.3 Å². The zero-order valence-corrected chi connectivity index (χ0v) is 14.3. The van der Waals surface area contributed by atoms with Gasteiger partial charge in [0.15, 0.2) is 5.13 Å². The number of hydrogen-bond acceptors (Lipinski definition) is 7. The molecule has 0 fully saturated rings. The van der Waals surface area contributed by atoms with E-state index in [1.165, 1.54) is 22.7 Å². The van der Waals surface area contributed by atoms with Crippen molar-refractivity contribution < 1.29 is 4.74 Å². The largest absolute Gasteiger partial charge is 0.494 e. The lowest BCUT2D eigenvalue weighted by Gasteiger charge is -2.00. The summed E-state index contributed by atoms with van der Waals surface area (Å²) < 4.78 is 6.53. The molecule has 0 aliphatic carbocycles. The summed E-state index contributed by atoms with van der Waals surface area (Å²) in [7, 11) is 0. The molecule has 3 aromatic rings. The summed E-state index contributed by atoms with van der Waals surface area (Å²) in [5.41, 5.74) is 2.31. The molecule has 23 heavy (non-hydrogen) atoms. The summed E-state index contributed by atoms with van der Waals surface area (Å²) in [6, 6.07) is 7.98. The number of fused-ring (bicyclic) bond motifs is 1. The first kappa shape index (κ1) is 15.5. The van der Waals surface area contributed by atoms with Crippen LogP contribution in [0.2, 0.25) is 0 Å². The van der Waals surface area contributed by atoms with Gasteiger partial charge in [0.2, 0.25) is 0 Å². The Kier molecular flexibility index (Phi) is 4.55. The van der Waals surface area contributed by atoms with E-state index < -0.39 is 0 Å². The summed E-state index contributed by atoms with van der Waals surface area (Å²) >= 11 is 2.97. The molecule has 0 atom stereocenters. The number of aryl methyl sites for hydroxylation is 1. The molecule has 2 aromatic heterocycles. The fourth-order valence-electron chi connectivity index (χ4n) is 1.98. The number of thiazole rings is 2. The van der Waals surface area contributed by atoms with Crippen LogP contribution in [0.15, 0.2) is 29.8 Å². The summed E-state index contributed by atoms with van der Waals surface area (Å²) in [6.07, 6.45) is 1.65. The first-order chi connectivity index (χ1) is 11.2. The van der Waals surface area contributed by atoms with Gasteiger partial charge in [0.05, 0.1) is 16.8 Å². The molecule has 1 N–H and O–H groups in total. The summed E-state index contributed by atoms with van der Waals surface area (Å²) in [6.45, 7) is 4.50. The molecule has 0 aliphatic heterocycles. The number of ether oxygens (including phenoxy) is 1. The van der Waals surface area contributed by atoms with E-state index in [-0.39, 0.29) is 0 Å². The van der Waals surface area contributed by atoms with Crippen molar-refractivity contribution in [3.8, 4) is 11.8 Å². The van der Waals surface area contributed by atoms with E-state index >= 15 is 0 Å². The lowest BCUT2D eigenvalue weighted by molar-refractivity contribution is 0.341. The highest BCUT2D eigenvalue weighted by Crippen LogP contribution is 2.29. The molecule has 2 heterocycles. The third kappa shape index (κ3) is 3.50. The van der Waals surface area contributed by atoms with Crippen LogP contribution in [-0.2, 0) is 0 Å². The fourth-order valence-corrected chi connectivity index (χ4v) is 3.60. The monoisotopic (exact) mass is 342 g/mol. The van der Waals surface area contributed by atoms with E-state index in [9.17, 15) is 5.26 Å². The van der Waals surface area contributed by atoms with Crippen LogP contribution < -0.4 is 10.1 Å². The molecule has 116 valence electrons. The average Bonchev–Trinajstić information content (AvgIpc) is 3.14. The number of aromatic nitrogens is 2. The molecule has 3 rings (SSSR count). The molecular weight excluding hydrogens is 328 g/mol. The Labute approximate surface area is 141 Å². The number of benzene rings is 1. The molecule has 0 aliphatic rings. The van der Waals surface area contributed by atoms with Crippen molar-refractivity contribution in [1.82, 2.24) is 9.97 Å². The maximum atomic E-state index is 9.28. The van der Waals surface area contributed by atoms with Crippen LogP contribution in [0.3, 0.4) is 0 Å². The standard InChI is InChI=1S/C16H14N4OS2/c1-3-21-12-4-5-13-14(6-12)23-16(20-13)18-8-11(7-17)15-19-10(2)9-22-15/h4-6,8-9H,3H2,1-2H3,(H,18,20)/b11-8+. The molecule has 0 amide bonds. The minimum Gasteiger partial charge on any atom is -0.494 e. The van der Waals surface area contributed by atoms with E-state index in [2.05, 4.69) is 21.4 Å². The third-order valence-electron chi connectivity index (χ3n) is 2.98. The Balaban J connectivity index is 1.83. The van der Waals surface area contributed by atoms with Gasteiger partial charge >= 0.3 is 0 Å². The second-order valence-electron chi connectivity index (χ2n) is 4.69. The zero-order chi connectivity index (χ0) is 16.2. The Morgan fingerprint density at radius 3 is 3.00 bits per heavy atom. The fraction of sp³-hybridized carbons (Fsp3) is 0.188. The van der Waals surface area contributed by atoms with E-state index in [0.717, 1.165) is 26.8 Å². The lowest BCUT2D eigenvalue weighted by Crippen LogP contribution is -1.90. The van der Waals surface area contributed by atoms with Gasteiger partial charge in [-0.2, -0.15) is 5.26 Å². The van der Waals surface area contributed by atoms with E-state index in [1.54, 1.807) is 6.20 Å². The van der Waals surface area contributed by atoms with Gasteiger partial charge in [-0.1, -0.05) is 11.3 Å². The second kappa shape index (κ2) is 6.77. The van der Waals surface area contributed by atoms with Gasteiger partial charge in [0, 0.05) is 17.3 Å². The Morgan fingerprint density at radius 1 is 1.43 bits per heavy atom. The number of allylic oxidation sites excluding steroid dienone is 1. The number of rotatable bonds is 5. The molecule has 1 aromatic carbocycles. The highest BCUT2D eigenvalue weighted by molar-refractivity contribution is 7.22. The number of nitrogens with zero attached hydrogens (tertiary/aromatic N) is 3. The molecule has 0 saturated heterocycles. The second-order valence-corrected chi connectivity index (χ2v) is 6.58. The van der Waals surface area contributed by atoms with Crippen LogP contribution >= 0.6 is 22.7 Å². The predicted octanol–water partition coefficient (Wildman–Crippen LogP) is 4.44. The van der Waals surface area contributed by atoms with Crippen molar-refractivity contribution in [2.45, 2.75) is 13.8 Å². The minimum atomic E-state index is 0.498. The average molecular weight is 342 g/mol. The lowest BCUT2D eigenvalue weighted by atomic mass is 10.3. The predicted molar refractivity (Wildman–Crippen MR) is 94.9 cm³/mol. The maximum absolute atomic E-state index is 9.28. The van der Waals surface area contributed by atoms with Crippen LogP contribution in [-0.4, -0.2) is 16.6 Å². The van der Waals surface area contributed by atoms with Gasteiger partial charge in [-0.15, -0.1) is 11.3 Å². The van der Waals surface area contributed by atoms with E-state index in [0.29, 0.717) is 17.2 Å². The van der Waals surface area contributed by atoms with Crippen molar-refractivity contribution in [2.24, 2.45) is 0 Å². The highest BCUT2D eigenvalue weighted by Gasteiger charge is 2.07. The molecule has 0 unspecified atom stereocenters. The molecule has 5 nitrogen and oxygen atoms in total. The van der Waals surface area contributed by atoms with Gasteiger partial charge in [0.25, 0.3) is 0 Å². The van der Waals surface area contributed by atoms with Crippen LogP contribution in [0.5, 0.6) is 5.75 Å². The molecule has 0 radical (unpaired) electrons. The van der Waals surface area contributed by atoms with Crippen LogP contribution in [0.4, 0.5) is 5.13 Å². The Morgan fingerprint density at radius 2 is 2.30 bits per heavy atom. The van der Waals surface area contributed by atoms with Gasteiger partial charge in [-0.3, -0.25) is 0 Å². The number of anilines is 1. The quantitative estimate of drug-likeness (QED) is 0.694. The van der Waals surface area contributed by atoms with Crippen LogP contribution in [0.1, 0.15) is 17.6 Å². The molecule has 0 saturated carbocycles. The van der Waals surface area contributed by atoms with Crippen molar-refractivity contribution in [1.29, 1.82) is 5.26 Å². The topological polar surface area (TPSA) is 70.8 Å². The third-order valence-corrected chi connectivity index (χ3v) is 4.92. The smallest absolute Gasteiger partial charge is 0.187 e. The Bertz CT molecular complexity index is 904. The normalized spacial score (nSPS) is 11.4. The maximum Gasteiger partial charge on any atom is 0.187 e. The van der Waals surface area contributed by atoms with E-state index in [4.69, 9.17) is 4.74 Å². The van der Waals surface area contributed by atoms with Gasteiger partial charge in [0.1, 0.15) is 22.4 Å². The summed E-state index contributed by atoms with van der Waals surface area (Å²) in [5, 5.41) is 15.7. The number of hydrogen-bond donors (Lipinski definition) is 1. The van der Waals surface area contributed by atoms with Gasteiger partial charge < -0.3 is 10.1 Å². The molecule has 0 bridgehead atoms. The van der Waals surface area contributed by atoms with Crippen LogP contribution in [0.25, 0.3) is 15.8 Å². The van der Waals surface area contributed by atoms with Crippen molar-refractivity contribution in [3.05, 3.63) is 40.5 Å². The SMILES string of the molecule is CCOc1ccc2nc(N/C=C(\C#N)c3nc(C)cs3)sc2c1. The molecule has 0 spiro atoms. The number of nitrogens with one attached hydrogen (secondary N) is 1. The van der Waals surface area contributed by atoms with E-state index in [1.807, 2.05) is 37.4 Å². The van der Waals surface area contributed by atoms with Gasteiger partial charge in [-0.05, 0) is 32.0 Å². The molecule has 7 heteroatoms. The van der Waals surface area contributed by atoms with Gasteiger partial charge in [-0.25, -0.2) is 9.97 Å². The van der Waals surface area contributed by atoms with Crippen molar-refractivity contribution >= 4 is 43.6 Å². The van der Waals surface area contributed by atoms with Crippen molar-refractivity contribution in [2.75, 3.05) is 11.9 Å². The van der Waals surface area contributed by atoms with Crippen molar-refractivity contribution in [3.63, 3.8) is 0 Å². The summed E-state index contributed by atoms with van der Waals surface area (Å²) in [5.74, 6) is 0.835. The Hall–Kier alpha value is -2.43. The first-order valence-electron chi connectivity index (χ1n) is 7.02. The zero-order valence-electron chi connectivity index (χ0n) is 12.7. The number of nitriles is 1. The summed E-state index contributed by atoms with van der Waals surface area (Å²) in [4.78, 5) is 8.82.